The number of carbonyl (C=O) groups is 2. The molecule has 1 saturated heterocycles. The average Bonchev–Trinajstić information content (AvgIpc) is 2.72. The number of hydrogen-bond donors (Lipinski definition) is 2. The van der Waals surface area contributed by atoms with E-state index >= 15 is 0 Å². The summed E-state index contributed by atoms with van der Waals surface area (Å²) >= 11 is 0. The number of benzene rings is 1. The Bertz CT molecular complexity index is 802. The van der Waals surface area contributed by atoms with Crippen LogP contribution in [0.5, 0.6) is 5.88 Å². The van der Waals surface area contributed by atoms with Gasteiger partial charge in [-0.3, -0.25) is 4.79 Å². The quantitative estimate of drug-likeness (QED) is 0.798. The number of aromatic nitrogens is 2. The lowest BCUT2D eigenvalue weighted by Crippen LogP contribution is -2.41. The molecule has 1 aromatic heterocycles. The number of carboxylic acid groups (broad SMARTS) is 1. The van der Waals surface area contributed by atoms with Gasteiger partial charge in [-0.05, 0) is 30.5 Å². The van der Waals surface area contributed by atoms with Gasteiger partial charge in [0.2, 0.25) is 17.7 Å². The number of aromatic carboxylic acids is 1. The molecule has 1 aromatic carbocycles. The Morgan fingerprint density at radius 3 is 2.56 bits per heavy atom. The summed E-state index contributed by atoms with van der Waals surface area (Å²) in [4.78, 5) is 33.9. The fourth-order valence-corrected chi connectivity index (χ4v) is 3.04. The summed E-state index contributed by atoms with van der Waals surface area (Å²) in [6, 6.07) is 8.21. The van der Waals surface area contributed by atoms with Crippen molar-refractivity contribution in [2.45, 2.75) is 19.4 Å². The third-order valence-electron chi connectivity index (χ3n) is 4.64. The molecule has 0 aliphatic carbocycles. The molecule has 1 aliphatic heterocycles. The summed E-state index contributed by atoms with van der Waals surface area (Å²) < 4.78 is 5.12. The lowest BCUT2D eigenvalue weighted by molar-refractivity contribution is -0.125. The van der Waals surface area contributed by atoms with Crippen molar-refractivity contribution in [3.8, 4) is 5.88 Å². The topological polar surface area (TPSA) is 105 Å². The second-order valence-corrected chi connectivity index (χ2v) is 6.38. The van der Waals surface area contributed by atoms with Crippen LogP contribution in [-0.2, 0) is 11.3 Å². The van der Waals surface area contributed by atoms with Gasteiger partial charge in [0, 0.05) is 37.8 Å². The van der Waals surface area contributed by atoms with Crippen LogP contribution in [0, 0.1) is 5.92 Å². The number of hydrogen-bond acceptors (Lipinski definition) is 6. The third kappa shape index (κ3) is 4.72. The van der Waals surface area contributed by atoms with E-state index in [1.54, 1.807) is 31.5 Å². The molecule has 0 radical (unpaired) electrons. The second kappa shape index (κ2) is 8.48. The number of methoxy groups -OCH3 is 1. The number of nitrogens with zero attached hydrogens (tertiary/aromatic N) is 3. The predicted molar refractivity (Wildman–Crippen MR) is 98.8 cm³/mol. The van der Waals surface area contributed by atoms with E-state index in [1.807, 2.05) is 0 Å². The molecule has 0 saturated carbocycles. The Balaban J connectivity index is 1.48. The van der Waals surface area contributed by atoms with Crippen LogP contribution in [0.3, 0.4) is 0 Å². The smallest absolute Gasteiger partial charge is 0.335 e. The highest BCUT2D eigenvalue weighted by atomic mass is 16.5. The highest BCUT2D eigenvalue weighted by Crippen LogP contribution is 2.22. The van der Waals surface area contributed by atoms with Gasteiger partial charge in [0.1, 0.15) is 0 Å². The molecule has 0 spiro atoms. The number of rotatable bonds is 6. The number of ether oxygens (including phenoxy) is 1. The average molecular weight is 370 g/mol. The summed E-state index contributed by atoms with van der Waals surface area (Å²) in [6.07, 6.45) is 3.12. The maximum atomic E-state index is 12.4. The summed E-state index contributed by atoms with van der Waals surface area (Å²) in [5.41, 5.74) is 1.10. The van der Waals surface area contributed by atoms with Gasteiger partial charge >= 0.3 is 5.97 Å². The van der Waals surface area contributed by atoms with Gasteiger partial charge in [-0.15, -0.1) is 0 Å². The molecule has 0 bridgehead atoms. The normalized spacial score (nSPS) is 14.6. The van der Waals surface area contributed by atoms with Crippen LogP contribution in [0.4, 0.5) is 5.95 Å². The van der Waals surface area contributed by atoms with E-state index in [2.05, 4.69) is 20.2 Å². The van der Waals surface area contributed by atoms with Crippen LogP contribution in [0.1, 0.15) is 28.8 Å². The minimum Gasteiger partial charge on any atom is -0.481 e. The van der Waals surface area contributed by atoms with E-state index < -0.39 is 5.97 Å². The molecule has 8 heteroatoms. The van der Waals surface area contributed by atoms with E-state index in [4.69, 9.17) is 9.84 Å². The van der Waals surface area contributed by atoms with Gasteiger partial charge in [0.05, 0.1) is 12.7 Å². The maximum absolute atomic E-state index is 12.4. The molecule has 2 N–H and O–H groups in total. The summed E-state index contributed by atoms with van der Waals surface area (Å²) in [5.74, 6) is 0.145. The summed E-state index contributed by atoms with van der Waals surface area (Å²) in [5, 5.41) is 11.8. The van der Waals surface area contributed by atoms with E-state index in [1.165, 1.54) is 12.1 Å². The molecular formula is C19H22N4O4. The van der Waals surface area contributed by atoms with Crippen LogP contribution in [0.15, 0.2) is 36.5 Å². The molecule has 2 aromatic rings. The number of carboxylic acids is 1. The van der Waals surface area contributed by atoms with Crippen molar-refractivity contribution in [1.82, 2.24) is 15.3 Å². The molecule has 8 nitrogen and oxygen atoms in total. The maximum Gasteiger partial charge on any atom is 0.335 e. The van der Waals surface area contributed by atoms with Crippen molar-refractivity contribution in [3.05, 3.63) is 47.7 Å². The Morgan fingerprint density at radius 1 is 1.22 bits per heavy atom. The lowest BCUT2D eigenvalue weighted by Gasteiger charge is -2.31. The highest BCUT2D eigenvalue weighted by Gasteiger charge is 2.26. The predicted octanol–water partition coefficient (Wildman–Crippen LogP) is 1.72. The van der Waals surface area contributed by atoms with E-state index in [-0.39, 0.29) is 17.4 Å². The number of carbonyl (C=O) groups excluding carboxylic acids is 1. The molecule has 142 valence electrons. The van der Waals surface area contributed by atoms with Gasteiger partial charge in [0.25, 0.3) is 0 Å². The van der Waals surface area contributed by atoms with Crippen LogP contribution in [0.2, 0.25) is 0 Å². The summed E-state index contributed by atoms with van der Waals surface area (Å²) in [7, 11) is 1.57. The van der Waals surface area contributed by atoms with Crippen molar-refractivity contribution in [2.24, 2.45) is 5.92 Å². The first kappa shape index (κ1) is 18.6. The van der Waals surface area contributed by atoms with Crippen LogP contribution in [-0.4, -0.2) is 47.2 Å². The first-order valence-corrected chi connectivity index (χ1v) is 8.78. The zero-order valence-electron chi connectivity index (χ0n) is 15.1. The van der Waals surface area contributed by atoms with Gasteiger partial charge in [-0.1, -0.05) is 12.1 Å². The SMILES string of the molecule is COc1ccnc(N2CCC(C(=O)NCc3ccc(C(=O)O)cc3)CC2)n1. The zero-order chi connectivity index (χ0) is 19.2. The molecular weight excluding hydrogens is 348 g/mol. The van der Waals surface area contributed by atoms with E-state index in [0.717, 1.165) is 18.4 Å². The second-order valence-electron chi connectivity index (χ2n) is 6.38. The van der Waals surface area contributed by atoms with E-state index in [9.17, 15) is 9.59 Å². The largest absolute Gasteiger partial charge is 0.481 e. The van der Waals surface area contributed by atoms with Crippen molar-refractivity contribution in [3.63, 3.8) is 0 Å². The van der Waals surface area contributed by atoms with Crippen LogP contribution >= 0.6 is 0 Å². The molecule has 1 aliphatic rings. The lowest BCUT2D eigenvalue weighted by atomic mass is 9.96. The fraction of sp³-hybridized carbons (Fsp3) is 0.368. The number of piperidine rings is 1. The van der Waals surface area contributed by atoms with Crippen LogP contribution < -0.4 is 15.0 Å². The monoisotopic (exact) mass is 370 g/mol. The van der Waals surface area contributed by atoms with Gasteiger partial charge in [-0.2, -0.15) is 4.98 Å². The molecule has 3 rings (SSSR count). The van der Waals surface area contributed by atoms with Gasteiger partial charge < -0.3 is 20.1 Å². The molecule has 2 heterocycles. The number of anilines is 1. The standard InChI is InChI=1S/C19H22N4O4/c1-27-16-6-9-20-19(22-16)23-10-7-14(8-11-23)17(24)21-12-13-2-4-15(5-3-13)18(25)26/h2-6,9,14H,7-8,10-12H2,1H3,(H,21,24)(H,25,26). The van der Waals surface area contributed by atoms with E-state index in [0.29, 0.717) is 31.5 Å². The first-order chi connectivity index (χ1) is 13.1. The van der Waals surface area contributed by atoms with Crippen LogP contribution in [0.25, 0.3) is 0 Å². The third-order valence-corrected chi connectivity index (χ3v) is 4.64. The first-order valence-electron chi connectivity index (χ1n) is 8.78. The molecule has 27 heavy (non-hydrogen) atoms. The Labute approximate surface area is 157 Å². The molecule has 1 amide bonds. The Kier molecular flexibility index (Phi) is 5.85. The Hall–Kier alpha value is -3.16. The molecule has 0 unspecified atom stereocenters. The fourth-order valence-electron chi connectivity index (χ4n) is 3.04. The number of amides is 1. The minimum atomic E-state index is -0.961. The minimum absolute atomic E-state index is 0.0171. The molecule has 0 atom stereocenters. The zero-order valence-corrected chi connectivity index (χ0v) is 15.1. The van der Waals surface area contributed by atoms with Crippen molar-refractivity contribution < 1.29 is 19.4 Å². The van der Waals surface area contributed by atoms with Crippen molar-refractivity contribution in [2.75, 3.05) is 25.1 Å². The number of nitrogens with one attached hydrogen (secondary N) is 1. The highest BCUT2D eigenvalue weighted by molar-refractivity contribution is 5.87. The van der Waals surface area contributed by atoms with Crippen molar-refractivity contribution >= 4 is 17.8 Å². The Morgan fingerprint density at radius 2 is 1.93 bits per heavy atom. The van der Waals surface area contributed by atoms with Gasteiger partial charge in [0.15, 0.2) is 0 Å². The summed E-state index contributed by atoms with van der Waals surface area (Å²) in [6.45, 7) is 1.80. The molecule has 1 fully saturated rings. The van der Waals surface area contributed by atoms with Gasteiger partial charge in [-0.25, -0.2) is 9.78 Å². The van der Waals surface area contributed by atoms with Crippen molar-refractivity contribution in [1.29, 1.82) is 0 Å².